The minimum Gasteiger partial charge on any atom is -0.507 e. The lowest BCUT2D eigenvalue weighted by Crippen LogP contribution is -2.44. The Kier molecular flexibility index (Phi) is 4.65. The van der Waals surface area contributed by atoms with E-state index in [0.717, 1.165) is 17.3 Å². The number of nitrogens with one attached hydrogen (secondary N) is 1. The van der Waals surface area contributed by atoms with Crippen LogP contribution in [0.5, 0.6) is 5.75 Å². The van der Waals surface area contributed by atoms with Gasteiger partial charge in [0.1, 0.15) is 5.75 Å². The third kappa shape index (κ3) is 3.12. The highest BCUT2D eigenvalue weighted by Gasteiger charge is 2.29. The molecule has 108 valence electrons. The highest BCUT2D eigenvalue weighted by atomic mass is 79.9. The van der Waals surface area contributed by atoms with E-state index >= 15 is 0 Å². The molecular weight excluding hydrogens is 324 g/mol. The molecule has 1 aliphatic heterocycles. The zero-order valence-corrected chi connectivity index (χ0v) is 12.8. The Hall–Kier alpha value is -1.56. The molecule has 2 amide bonds. The van der Waals surface area contributed by atoms with E-state index in [1.54, 1.807) is 24.1 Å². The van der Waals surface area contributed by atoms with Crippen LogP contribution in [-0.4, -0.2) is 42.0 Å². The van der Waals surface area contributed by atoms with Gasteiger partial charge in [0.25, 0.3) is 5.91 Å². The number of nitrogens with zero attached hydrogens (tertiary/aromatic N) is 1. The summed E-state index contributed by atoms with van der Waals surface area (Å²) in [5.41, 5.74) is 0.261. The van der Waals surface area contributed by atoms with Gasteiger partial charge >= 0.3 is 0 Å². The number of rotatable bonds is 2. The number of carbonyl (C=O) groups is 2. The Morgan fingerprint density at radius 2 is 2.20 bits per heavy atom. The third-order valence-corrected chi connectivity index (χ3v) is 4.01. The Balaban J connectivity index is 2.16. The van der Waals surface area contributed by atoms with E-state index in [2.05, 4.69) is 21.2 Å². The fourth-order valence-electron chi connectivity index (χ4n) is 2.43. The van der Waals surface area contributed by atoms with Crippen LogP contribution in [0.1, 0.15) is 23.2 Å². The van der Waals surface area contributed by atoms with Gasteiger partial charge in [-0.15, -0.1) is 0 Å². The first-order valence-electron chi connectivity index (χ1n) is 6.52. The number of amides is 2. The van der Waals surface area contributed by atoms with Gasteiger partial charge in [0, 0.05) is 24.6 Å². The maximum absolute atomic E-state index is 12.4. The quantitative estimate of drug-likeness (QED) is 0.861. The summed E-state index contributed by atoms with van der Waals surface area (Å²) < 4.78 is 0.735. The van der Waals surface area contributed by atoms with E-state index in [-0.39, 0.29) is 29.0 Å². The second-order valence-corrected chi connectivity index (χ2v) is 5.78. The van der Waals surface area contributed by atoms with Crippen molar-refractivity contribution in [3.05, 3.63) is 28.2 Å². The first kappa shape index (κ1) is 14.8. The average Bonchev–Trinajstić information content (AvgIpc) is 2.48. The lowest BCUT2D eigenvalue weighted by atomic mass is 9.96. The molecule has 0 unspecified atom stereocenters. The number of aromatic hydroxyl groups is 1. The molecular formula is C14H17BrN2O3. The van der Waals surface area contributed by atoms with Crippen LogP contribution in [0.2, 0.25) is 0 Å². The van der Waals surface area contributed by atoms with Crippen LogP contribution in [0.25, 0.3) is 0 Å². The predicted octanol–water partition coefficient (Wildman–Crippen LogP) is 1.75. The van der Waals surface area contributed by atoms with E-state index in [1.807, 2.05) is 0 Å². The van der Waals surface area contributed by atoms with Crippen molar-refractivity contribution in [2.45, 2.75) is 12.8 Å². The zero-order chi connectivity index (χ0) is 14.7. The molecule has 1 saturated heterocycles. The van der Waals surface area contributed by atoms with Crippen LogP contribution in [0.15, 0.2) is 22.7 Å². The number of phenolic OH excluding ortho intramolecular Hbond substituents is 1. The van der Waals surface area contributed by atoms with Crippen molar-refractivity contribution in [1.82, 2.24) is 10.2 Å². The van der Waals surface area contributed by atoms with Gasteiger partial charge in [-0.2, -0.15) is 0 Å². The molecule has 20 heavy (non-hydrogen) atoms. The van der Waals surface area contributed by atoms with Crippen molar-refractivity contribution in [3.8, 4) is 5.75 Å². The first-order valence-corrected chi connectivity index (χ1v) is 7.31. The summed E-state index contributed by atoms with van der Waals surface area (Å²) in [6.07, 6.45) is 1.58. The Morgan fingerprint density at radius 3 is 2.90 bits per heavy atom. The Labute approximate surface area is 126 Å². The normalized spacial score (nSPS) is 18.7. The monoisotopic (exact) mass is 340 g/mol. The Bertz CT molecular complexity index is 533. The first-order chi connectivity index (χ1) is 9.52. The SMILES string of the molecule is CNC(=O)[C@@H]1CCCN(C(=O)c2cc(Br)ccc2O)C1. The van der Waals surface area contributed by atoms with Crippen LogP contribution in [-0.2, 0) is 4.79 Å². The van der Waals surface area contributed by atoms with E-state index < -0.39 is 0 Å². The number of carbonyl (C=O) groups excluding carboxylic acids is 2. The lowest BCUT2D eigenvalue weighted by Gasteiger charge is -2.32. The molecule has 1 fully saturated rings. The van der Waals surface area contributed by atoms with E-state index in [1.165, 1.54) is 6.07 Å². The minimum absolute atomic E-state index is 0.0408. The van der Waals surface area contributed by atoms with E-state index in [4.69, 9.17) is 0 Å². The summed E-state index contributed by atoms with van der Waals surface area (Å²) in [6.45, 7) is 1.00. The molecule has 1 heterocycles. The van der Waals surface area contributed by atoms with Crippen molar-refractivity contribution in [2.24, 2.45) is 5.92 Å². The van der Waals surface area contributed by atoms with E-state index in [9.17, 15) is 14.7 Å². The standard InChI is InChI=1S/C14H17BrN2O3/c1-16-13(19)9-3-2-6-17(8-9)14(20)11-7-10(15)4-5-12(11)18/h4-5,7,9,18H,2-3,6,8H2,1H3,(H,16,19)/t9-/m1/s1. The predicted molar refractivity (Wildman–Crippen MR) is 78.5 cm³/mol. The maximum Gasteiger partial charge on any atom is 0.257 e. The molecule has 2 N–H and O–H groups in total. The lowest BCUT2D eigenvalue weighted by molar-refractivity contribution is -0.125. The van der Waals surface area contributed by atoms with Gasteiger partial charge in [-0.3, -0.25) is 9.59 Å². The molecule has 0 saturated carbocycles. The molecule has 0 aliphatic carbocycles. The molecule has 1 aromatic rings. The van der Waals surface area contributed by atoms with Crippen molar-refractivity contribution in [3.63, 3.8) is 0 Å². The maximum atomic E-state index is 12.4. The van der Waals surface area contributed by atoms with Gasteiger partial charge in [-0.1, -0.05) is 15.9 Å². The topological polar surface area (TPSA) is 69.6 Å². The van der Waals surface area contributed by atoms with Crippen LogP contribution in [0, 0.1) is 5.92 Å². The van der Waals surface area contributed by atoms with Gasteiger partial charge in [-0.05, 0) is 31.0 Å². The largest absolute Gasteiger partial charge is 0.507 e. The highest BCUT2D eigenvalue weighted by molar-refractivity contribution is 9.10. The number of hydrogen-bond donors (Lipinski definition) is 2. The fraction of sp³-hybridized carbons (Fsp3) is 0.429. The molecule has 6 heteroatoms. The second-order valence-electron chi connectivity index (χ2n) is 4.87. The molecule has 1 atom stereocenters. The van der Waals surface area contributed by atoms with Crippen LogP contribution >= 0.6 is 15.9 Å². The Morgan fingerprint density at radius 1 is 1.45 bits per heavy atom. The number of likely N-dealkylation sites (tertiary alicyclic amines) is 1. The fourth-order valence-corrected chi connectivity index (χ4v) is 2.79. The summed E-state index contributed by atoms with van der Waals surface area (Å²) in [5.74, 6) is -0.495. The van der Waals surface area contributed by atoms with Gasteiger partial charge in [0.05, 0.1) is 11.5 Å². The van der Waals surface area contributed by atoms with Gasteiger partial charge < -0.3 is 15.3 Å². The molecule has 1 aromatic carbocycles. The molecule has 0 aromatic heterocycles. The molecule has 2 rings (SSSR count). The summed E-state index contributed by atoms with van der Waals surface area (Å²) in [6, 6.07) is 4.76. The summed E-state index contributed by atoms with van der Waals surface area (Å²) >= 11 is 3.29. The molecule has 0 radical (unpaired) electrons. The minimum atomic E-state index is -0.239. The zero-order valence-electron chi connectivity index (χ0n) is 11.2. The van der Waals surface area contributed by atoms with Crippen LogP contribution in [0.3, 0.4) is 0 Å². The summed E-state index contributed by atoms with van der Waals surface area (Å²) in [7, 11) is 1.60. The summed E-state index contributed by atoms with van der Waals surface area (Å²) in [5, 5.41) is 12.4. The average molecular weight is 341 g/mol. The number of hydrogen-bond acceptors (Lipinski definition) is 3. The third-order valence-electron chi connectivity index (χ3n) is 3.51. The van der Waals surface area contributed by atoms with Gasteiger partial charge in [0.15, 0.2) is 0 Å². The van der Waals surface area contributed by atoms with Crippen molar-refractivity contribution >= 4 is 27.7 Å². The van der Waals surface area contributed by atoms with E-state index in [0.29, 0.717) is 13.1 Å². The van der Waals surface area contributed by atoms with Gasteiger partial charge in [0.2, 0.25) is 5.91 Å². The van der Waals surface area contributed by atoms with Crippen molar-refractivity contribution < 1.29 is 14.7 Å². The number of phenols is 1. The van der Waals surface area contributed by atoms with Crippen molar-refractivity contribution in [1.29, 1.82) is 0 Å². The number of piperidine rings is 1. The summed E-state index contributed by atoms with van der Waals surface area (Å²) in [4.78, 5) is 25.8. The van der Waals surface area contributed by atoms with Crippen LogP contribution < -0.4 is 5.32 Å². The highest BCUT2D eigenvalue weighted by Crippen LogP contribution is 2.25. The molecule has 5 nitrogen and oxygen atoms in total. The second kappa shape index (κ2) is 6.26. The van der Waals surface area contributed by atoms with Gasteiger partial charge in [-0.25, -0.2) is 0 Å². The molecule has 0 bridgehead atoms. The number of benzene rings is 1. The smallest absolute Gasteiger partial charge is 0.257 e. The molecule has 0 spiro atoms. The van der Waals surface area contributed by atoms with Crippen LogP contribution in [0.4, 0.5) is 0 Å². The molecule has 1 aliphatic rings. The van der Waals surface area contributed by atoms with Crippen molar-refractivity contribution in [2.75, 3.05) is 20.1 Å². The number of halogens is 1.